The molecule has 5 heteroatoms. The number of aromatic nitrogens is 1. The second-order valence-corrected chi connectivity index (χ2v) is 4.85. The summed E-state index contributed by atoms with van der Waals surface area (Å²) in [5.74, 6) is -0.222. The van der Waals surface area contributed by atoms with E-state index in [1.807, 2.05) is 11.8 Å². The van der Waals surface area contributed by atoms with Crippen LogP contribution >= 0.6 is 0 Å². The fourth-order valence-corrected chi connectivity index (χ4v) is 2.03. The Hall–Kier alpha value is -1.62. The van der Waals surface area contributed by atoms with Gasteiger partial charge in [0.05, 0.1) is 11.2 Å². The molecule has 2 rings (SSSR count). The Morgan fingerprint density at radius 1 is 1.65 bits per heavy atom. The van der Waals surface area contributed by atoms with Gasteiger partial charge in [-0.3, -0.25) is 0 Å². The summed E-state index contributed by atoms with van der Waals surface area (Å²) >= 11 is 0. The lowest BCUT2D eigenvalue weighted by Gasteiger charge is -2.21. The minimum Gasteiger partial charge on any atom is -0.478 e. The molecule has 1 saturated heterocycles. The van der Waals surface area contributed by atoms with Gasteiger partial charge in [0, 0.05) is 25.2 Å². The van der Waals surface area contributed by atoms with Crippen LogP contribution in [0, 0.1) is 5.92 Å². The zero-order valence-electron chi connectivity index (χ0n) is 9.92. The number of nitrogens with zero attached hydrogens (tertiary/aromatic N) is 2. The molecule has 0 aromatic carbocycles. The zero-order chi connectivity index (χ0) is 12.6. The number of anilines is 1. The number of aromatic carboxylic acids is 1. The fourth-order valence-electron chi connectivity index (χ4n) is 2.03. The average Bonchev–Trinajstić information content (AvgIpc) is 2.54. The summed E-state index contributed by atoms with van der Waals surface area (Å²) in [5.41, 5.74) is -0.532. The van der Waals surface area contributed by atoms with Gasteiger partial charge in [0.25, 0.3) is 0 Å². The van der Waals surface area contributed by atoms with E-state index in [0.717, 1.165) is 0 Å². The molecule has 92 valence electrons. The molecule has 1 aliphatic heterocycles. The molecule has 1 aromatic rings. The van der Waals surface area contributed by atoms with Crippen molar-refractivity contribution in [1.82, 2.24) is 4.98 Å². The molecule has 0 radical (unpaired) electrons. The molecule has 2 atom stereocenters. The highest BCUT2D eigenvalue weighted by molar-refractivity contribution is 5.88. The molecule has 5 nitrogen and oxygen atoms in total. The summed E-state index contributed by atoms with van der Waals surface area (Å²) in [6.07, 6.45) is 1.48. The van der Waals surface area contributed by atoms with E-state index in [2.05, 4.69) is 4.98 Å². The van der Waals surface area contributed by atoms with Gasteiger partial charge in [-0.15, -0.1) is 0 Å². The van der Waals surface area contributed by atoms with Gasteiger partial charge in [-0.1, -0.05) is 6.92 Å². The Labute approximate surface area is 99.7 Å². The highest BCUT2D eigenvalue weighted by atomic mass is 16.4. The Morgan fingerprint density at radius 2 is 2.35 bits per heavy atom. The van der Waals surface area contributed by atoms with Crippen LogP contribution in [0.1, 0.15) is 24.2 Å². The number of carboxylic acid groups (broad SMARTS) is 1. The normalized spacial score (nSPS) is 28.4. The maximum absolute atomic E-state index is 10.9. The minimum atomic E-state index is -0.965. The summed E-state index contributed by atoms with van der Waals surface area (Å²) in [5, 5.41) is 19.0. The highest BCUT2D eigenvalue weighted by Crippen LogP contribution is 2.30. The number of carbonyl (C=O) groups is 1. The predicted molar refractivity (Wildman–Crippen MR) is 63.2 cm³/mol. The van der Waals surface area contributed by atoms with Crippen molar-refractivity contribution in [3.05, 3.63) is 23.9 Å². The van der Waals surface area contributed by atoms with Gasteiger partial charge in [-0.25, -0.2) is 9.78 Å². The summed E-state index contributed by atoms with van der Waals surface area (Å²) in [6.45, 7) is 4.92. The van der Waals surface area contributed by atoms with Crippen molar-refractivity contribution in [3.63, 3.8) is 0 Å². The molecule has 0 saturated carbocycles. The van der Waals surface area contributed by atoms with Gasteiger partial charge < -0.3 is 15.1 Å². The molecule has 0 aliphatic carbocycles. The van der Waals surface area contributed by atoms with Gasteiger partial charge >= 0.3 is 5.97 Å². The van der Waals surface area contributed by atoms with Crippen LogP contribution in [0.15, 0.2) is 18.3 Å². The number of carboxylic acids is 1. The standard InChI is InChI=1S/C12H16N2O3/c1-8-6-14(7-12(8,2)17)10-5-9(11(15)16)3-4-13-10/h3-5,8,17H,6-7H2,1-2H3,(H,15,16)/t8-,12+/m1/s1. The summed E-state index contributed by atoms with van der Waals surface area (Å²) < 4.78 is 0. The van der Waals surface area contributed by atoms with Gasteiger partial charge in [0.1, 0.15) is 5.82 Å². The van der Waals surface area contributed by atoms with Gasteiger partial charge in [0.15, 0.2) is 0 Å². The predicted octanol–water partition coefficient (Wildman–Crippen LogP) is 0.987. The molecule has 2 heterocycles. The van der Waals surface area contributed by atoms with Crippen LogP contribution < -0.4 is 4.90 Å². The van der Waals surface area contributed by atoms with E-state index >= 15 is 0 Å². The maximum atomic E-state index is 10.9. The molecule has 0 unspecified atom stereocenters. The van der Waals surface area contributed by atoms with Crippen LogP contribution in [-0.2, 0) is 0 Å². The van der Waals surface area contributed by atoms with Crippen molar-refractivity contribution in [2.45, 2.75) is 19.4 Å². The highest BCUT2D eigenvalue weighted by Gasteiger charge is 2.39. The largest absolute Gasteiger partial charge is 0.478 e. The Kier molecular flexibility index (Phi) is 2.79. The van der Waals surface area contributed by atoms with Crippen LogP contribution in [0.5, 0.6) is 0 Å². The lowest BCUT2D eigenvalue weighted by Crippen LogP contribution is -2.33. The van der Waals surface area contributed by atoms with Gasteiger partial charge in [-0.2, -0.15) is 0 Å². The van der Waals surface area contributed by atoms with Crippen LogP contribution in [-0.4, -0.2) is 39.9 Å². The van der Waals surface area contributed by atoms with Crippen molar-refractivity contribution in [2.24, 2.45) is 5.92 Å². The first-order valence-electron chi connectivity index (χ1n) is 5.57. The van der Waals surface area contributed by atoms with E-state index in [0.29, 0.717) is 18.9 Å². The number of β-amino-alcohol motifs (C(OH)–C–C–N with tert-alkyl or cyclic N) is 1. The third-order valence-electron chi connectivity index (χ3n) is 3.38. The first-order valence-corrected chi connectivity index (χ1v) is 5.57. The van der Waals surface area contributed by atoms with E-state index in [4.69, 9.17) is 5.11 Å². The average molecular weight is 236 g/mol. The molecule has 1 aromatic heterocycles. The van der Waals surface area contributed by atoms with Gasteiger partial charge in [-0.05, 0) is 19.1 Å². The molecule has 1 aliphatic rings. The number of aliphatic hydroxyl groups is 1. The van der Waals surface area contributed by atoms with E-state index in [9.17, 15) is 9.90 Å². The molecular formula is C12H16N2O3. The van der Waals surface area contributed by atoms with Crippen molar-refractivity contribution < 1.29 is 15.0 Å². The smallest absolute Gasteiger partial charge is 0.335 e. The summed E-state index contributed by atoms with van der Waals surface area (Å²) in [4.78, 5) is 16.9. The molecule has 0 bridgehead atoms. The summed E-state index contributed by atoms with van der Waals surface area (Å²) in [6, 6.07) is 3.00. The minimum absolute atomic E-state index is 0.137. The first-order chi connectivity index (χ1) is 7.90. The second-order valence-electron chi connectivity index (χ2n) is 4.85. The SMILES string of the molecule is C[C@@H]1CN(c2cc(C(=O)O)ccn2)C[C@]1(C)O. The molecule has 0 amide bonds. The lowest BCUT2D eigenvalue weighted by atomic mass is 9.95. The molecule has 2 N–H and O–H groups in total. The van der Waals surface area contributed by atoms with Crippen molar-refractivity contribution in [2.75, 3.05) is 18.0 Å². The number of hydrogen-bond donors (Lipinski definition) is 2. The van der Waals surface area contributed by atoms with Crippen LogP contribution in [0.3, 0.4) is 0 Å². The van der Waals surface area contributed by atoms with Crippen LogP contribution in [0.4, 0.5) is 5.82 Å². The van der Waals surface area contributed by atoms with E-state index in [-0.39, 0.29) is 11.5 Å². The Morgan fingerprint density at radius 3 is 2.88 bits per heavy atom. The zero-order valence-corrected chi connectivity index (χ0v) is 9.92. The summed E-state index contributed by atoms with van der Waals surface area (Å²) in [7, 11) is 0. The van der Waals surface area contributed by atoms with E-state index in [1.165, 1.54) is 18.3 Å². The third-order valence-corrected chi connectivity index (χ3v) is 3.38. The van der Waals surface area contributed by atoms with Crippen molar-refractivity contribution in [3.8, 4) is 0 Å². The number of hydrogen-bond acceptors (Lipinski definition) is 4. The molecule has 1 fully saturated rings. The Balaban J connectivity index is 2.25. The van der Waals surface area contributed by atoms with Crippen molar-refractivity contribution >= 4 is 11.8 Å². The van der Waals surface area contributed by atoms with Crippen LogP contribution in [0.2, 0.25) is 0 Å². The van der Waals surface area contributed by atoms with Crippen molar-refractivity contribution in [1.29, 1.82) is 0 Å². The monoisotopic (exact) mass is 236 g/mol. The Bertz CT molecular complexity index is 445. The third kappa shape index (κ3) is 2.24. The van der Waals surface area contributed by atoms with Crippen LogP contribution in [0.25, 0.3) is 0 Å². The fraction of sp³-hybridized carbons (Fsp3) is 0.500. The van der Waals surface area contributed by atoms with Gasteiger partial charge in [0.2, 0.25) is 0 Å². The topological polar surface area (TPSA) is 73.7 Å². The quantitative estimate of drug-likeness (QED) is 0.801. The molecule has 0 spiro atoms. The molecular weight excluding hydrogens is 220 g/mol. The molecule has 17 heavy (non-hydrogen) atoms. The van der Waals surface area contributed by atoms with E-state index < -0.39 is 11.6 Å². The maximum Gasteiger partial charge on any atom is 0.335 e. The number of rotatable bonds is 2. The number of pyridine rings is 1. The first kappa shape index (κ1) is 11.9. The second kappa shape index (κ2) is 4.00. The van der Waals surface area contributed by atoms with E-state index in [1.54, 1.807) is 6.92 Å². The lowest BCUT2D eigenvalue weighted by molar-refractivity contribution is 0.0443.